The molecule has 1 aromatic rings. The smallest absolute Gasteiger partial charge is 0.389 e. The number of rotatable bonds is 6. The zero-order valence-electron chi connectivity index (χ0n) is 11.9. The minimum Gasteiger partial charge on any atom is -0.389 e. The maximum Gasteiger partial charge on any atom is 0.416 e. The van der Waals surface area contributed by atoms with Gasteiger partial charge in [0.2, 0.25) is 5.91 Å². The first kappa shape index (κ1) is 17.5. The highest BCUT2D eigenvalue weighted by Crippen LogP contribution is 2.29. The van der Waals surface area contributed by atoms with Crippen LogP contribution in [0.4, 0.5) is 13.2 Å². The van der Waals surface area contributed by atoms with Gasteiger partial charge in [0.05, 0.1) is 24.7 Å². The van der Waals surface area contributed by atoms with E-state index in [1.54, 1.807) is 0 Å². The van der Waals surface area contributed by atoms with E-state index in [0.717, 1.165) is 12.1 Å². The topological polar surface area (TPSA) is 49.8 Å². The Morgan fingerprint density at radius 2 is 1.90 bits per heavy atom. The van der Waals surface area contributed by atoms with E-state index in [0.29, 0.717) is 5.56 Å². The molecule has 7 heteroatoms. The van der Waals surface area contributed by atoms with E-state index >= 15 is 0 Å². The summed E-state index contributed by atoms with van der Waals surface area (Å²) in [5.74, 6) is -0.287. The molecule has 1 atom stereocenters. The van der Waals surface area contributed by atoms with Crippen LogP contribution in [0.3, 0.4) is 0 Å². The fourth-order valence-electron chi connectivity index (χ4n) is 1.78. The summed E-state index contributed by atoms with van der Waals surface area (Å²) in [6.45, 7) is 0.213. The SMILES string of the molecule is COCC(O)CN(C)C(=O)Cc1ccc(C(F)(F)F)cc1. The number of methoxy groups -OCH3 is 1. The third-order valence-corrected chi connectivity index (χ3v) is 2.91. The van der Waals surface area contributed by atoms with Crippen LogP contribution in [0.25, 0.3) is 0 Å². The maximum absolute atomic E-state index is 12.4. The Kier molecular flexibility index (Phi) is 6.17. The van der Waals surface area contributed by atoms with Gasteiger partial charge in [-0.2, -0.15) is 13.2 Å². The van der Waals surface area contributed by atoms with Crippen LogP contribution in [0, 0.1) is 0 Å². The normalized spacial score (nSPS) is 13.0. The molecule has 0 saturated carbocycles. The number of likely N-dealkylation sites (N-methyl/N-ethyl adjacent to an activating group) is 1. The molecule has 0 saturated heterocycles. The summed E-state index contributed by atoms with van der Waals surface area (Å²) < 4.78 is 42.0. The van der Waals surface area contributed by atoms with Gasteiger partial charge in [0, 0.05) is 20.7 Å². The third kappa shape index (κ3) is 5.73. The lowest BCUT2D eigenvalue weighted by atomic mass is 10.1. The fraction of sp³-hybridized carbons (Fsp3) is 0.500. The lowest BCUT2D eigenvalue weighted by Crippen LogP contribution is -2.37. The van der Waals surface area contributed by atoms with Crippen molar-refractivity contribution in [3.05, 3.63) is 35.4 Å². The van der Waals surface area contributed by atoms with Crippen molar-refractivity contribution in [1.29, 1.82) is 0 Å². The number of aliphatic hydroxyl groups excluding tert-OH is 1. The quantitative estimate of drug-likeness (QED) is 0.870. The number of hydrogen-bond acceptors (Lipinski definition) is 3. The van der Waals surface area contributed by atoms with Gasteiger partial charge in [-0.15, -0.1) is 0 Å². The van der Waals surface area contributed by atoms with Crippen LogP contribution in [0.15, 0.2) is 24.3 Å². The van der Waals surface area contributed by atoms with Gasteiger partial charge in [-0.3, -0.25) is 4.79 Å². The average molecular weight is 305 g/mol. The molecule has 0 aliphatic carbocycles. The number of nitrogens with zero attached hydrogens (tertiary/aromatic N) is 1. The predicted molar refractivity (Wildman–Crippen MR) is 70.7 cm³/mol. The minimum absolute atomic E-state index is 0.0195. The molecule has 1 amide bonds. The number of carbonyl (C=O) groups excluding carboxylic acids is 1. The van der Waals surface area contributed by atoms with Crippen LogP contribution in [0.5, 0.6) is 0 Å². The molecule has 0 radical (unpaired) electrons. The molecular weight excluding hydrogens is 287 g/mol. The third-order valence-electron chi connectivity index (χ3n) is 2.91. The Morgan fingerprint density at radius 1 is 1.33 bits per heavy atom. The van der Waals surface area contributed by atoms with E-state index in [1.165, 1.54) is 31.2 Å². The summed E-state index contributed by atoms with van der Waals surface area (Å²) in [7, 11) is 2.96. The van der Waals surface area contributed by atoms with Crippen molar-refractivity contribution < 1.29 is 27.8 Å². The van der Waals surface area contributed by atoms with Crippen LogP contribution in [0.2, 0.25) is 0 Å². The zero-order valence-corrected chi connectivity index (χ0v) is 11.9. The molecule has 0 aromatic heterocycles. The van der Waals surface area contributed by atoms with Gasteiger partial charge in [-0.1, -0.05) is 12.1 Å². The Bertz CT molecular complexity index is 460. The van der Waals surface area contributed by atoms with E-state index in [2.05, 4.69) is 0 Å². The number of ether oxygens (including phenoxy) is 1. The number of amides is 1. The van der Waals surface area contributed by atoms with Crippen LogP contribution < -0.4 is 0 Å². The lowest BCUT2D eigenvalue weighted by Gasteiger charge is -2.20. The number of benzene rings is 1. The summed E-state index contributed by atoms with van der Waals surface area (Å²) in [6, 6.07) is 4.45. The molecule has 0 aliphatic heterocycles. The largest absolute Gasteiger partial charge is 0.416 e. The predicted octanol–water partition coefficient (Wildman–Crippen LogP) is 1.71. The monoisotopic (exact) mass is 305 g/mol. The van der Waals surface area contributed by atoms with E-state index in [-0.39, 0.29) is 25.5 Å². The van der Waals surface area contributed by atoms with Gasteiger partial charge in [0.1, 0.15) is 0 Å². The van der Waals surface area contributed by atoms with Crippen molar-refractivity contribution in [1.82, 2.24) is 4.90 Å². The van der Waals surface area contributed by atoms with Crippen molar-refractivity contribution in [3.8, 4) is 0 Å². The van der Waals surface area contributed by atoms with Gasteiger partial charge in [0.25, 0.3) is 0 Å². The summed E-state index contributed by atoms with van der Waals surface area (Å²) in [5, 5.41) is 9.52. The lowest BCUT2D eigenvalue weighted by molar-refractivity contribution is -0.137. The molecule has 0 spiro atoms. The van der Waals surface area contributed by atoms with Crippen LogP contribution in [0.1, 0.15) is 11.1 Å². The molecule has 0 aliphatic rings. The van der Waals surface area contributed by atoms with Gasteiger partial charge in [0.15, 0.2) is 0 Å². The van der Waals surface area contributed by atoms with Gasteiger partial charge in [-0.25, -0.2) is 0 Å². The highest BCUT2D eigenvalue weighted by atomic mass is 19.4. The second-order valence-electron chi connectivity index (χ2n) is 4.75. The van der Waals surface area contributed by atoms with E-state index in [4.69, 9.17) is 4.74 Å². The highest BCUT2D eigenvalue weighted by molar-refractivity contribution is 5.78. The Labute approximate surface area is 121 Å². The van der Waals surface area contributed by atoms with Crippen molar-refractivity contribution >= 4 is 5.91 Å². The maximum atomic E-state index is 12.4. The van der Waals surface area contributed by atoms with Crippen LogP contribution >= 0.6 is 0 Å². The van der Waals surface area contributed by atoms with Crippen molar-refractivity contribution in [3.63, 3.8) is 0 Å². The van der Waals surface area contributed by atoms with Gasteiger partial charge in [-0.05, 0) is 17.7 Å². The molecule has 1 rings (SSSR count). The van der Waals surface area contributed by atoms with Gasteiger partial charge >= 0.3 is 6.18 Å². The molecule has 0 fully saturated rings. The standard InChI is InChI=1S/C14H18F3NO3/c1-18(8-12(19)9-21-2)13(20)7-10-3-5-11(6-4-10)14(15,16)17/h3-6,12,19H,7-9H2,1-2H3. The first-order valence-electron chi connectivity index (χ1n) is 6.31. The molecular formula is C14H18F3NO3. The first-order valence-corrected chi connectivity index (χ1v) is 6.31. The number of carbonyl (C=O) groups is 1. The zero-order chi connectivity index (χ0) is 16.0. The average Bonchev–Trinajstić information content (AvgIpc) is 2.38. The molecule has 0 heterocycles. The molecule has 0 bridgehead atoms. The summed E-state index contributed by atoms with van der Waals surface area (Å²) >= 11 is 0. The number of alkyl halides is 3. The molecule has 1 N–H and O–H groups in total. The highest BCUT2D eigenvalue weighted by Gasteiger charge is 2.30. The van der Waals surface area contributed by atoms with E-state index in [1.807, 2.05) is 0 Å². The van der Waals surface area contributed by atoms with Crippen molar-refractivity contribution in [2.45, 2.75) is 18.7 Å². The van der Waals surface area contributed by atoms with E-state index in [9.17, 15) is 23.1 Å². The Hall–Kier alpha value is -1.60. The molecule has 1 unspecified atom stereocenters. The fourth-order valence-corrected chi connectivity index (χ4v) is 1.78. The van der Waals surface area contributed by atoms with Gasteiger partial charge < -0.3 is 14.7 Å². The van der Waals surface area contributed by atoms with Crippen molar-refractivity contribution in [2.24, 2.45) is 0 Å². The summed E-state index contributed by atoms with van der Waals surface area (Å²) in [5.41, 5.74) is -0.261. The first-order chi connectivity index (χ1) is 9.74. The Balaban J connectivity index is 2.58. The number of aliphatic hydroxyl groups is 1. The van der Waals surface area contributed by atoms with Crippen LogP contribution in [-0.2, 0) is 22.1 Å². The van der Waals surface area contributed by atoms with Crippen LogP contribution in [-0.4, -0.2) is 49.3 Å². The van der Waals surface area contributed by atoms with E-state index < -0.39 is 17.8 Å². The van der Waals surface area contributed by atoms with Crippen molar-refractivity contribution in [2.75, 3.05) is 27.3 Å². The molecule has 21 heavy (non-hydrogen) atoms. The number of hydrogen-bond donors (Lipinski definition) is 1. The molecule has 1 aromatic carbocycles. The Morgan fingerprint density at radius 3 is 2.38 bits per heavy atom. The second kappa shape index (κ2) is 7.42. The number of halogens is 3. The summed E-state index contributed by atoms with van der Waals surface area (Å²) in [4.78, 5) is 13.2. The summed E-state index contributed by atoms with van der Waals surface area (Å²) in [6.07, 6.45) is -5.20. The molecule has 118 valence electrons. The second-order valence-corrected chi connectivity index (χ2v) is 4.75. The minimum atomic E-state index is -4.39. The molecule has 4 nitrogen and oxygen atoms in total.